The predicted octanol–water partition coefficient (Wildman–Crippen LogP) is 3.21. The first-order chi connectivity index (χ1) is 13.8. The first kappa shape index (κ1) is 21.0. The van der Waals surface area contributed by atoms with Crippen molar-refractivity contribution in [1.29, 1.82) is 0 Å². The maximum absolute atomic E-state index is 12.2. The fourth-order valence-corrected chi connectivity index (χ4v) is 3.54. The van der Waals surface area contributed by atoms with Gasteiger partial charge in [-0.3, -0.25) is 4.79 Å². The third-order valence-electron chi connectivity index (χ3n) is 4.03. The average Bonchev–Trinajstić information content (AvgIpc) is 3.16. The summed E-state index contributed by atoms with van der Waals surface area (Å²) >= 11 is 5.86. The number of benzene rings is 2. The fourth-order valence-electron chi connectivity index (χ4n) is 2.46. The first-order valence-electron chi connectivity index (χ1n) is 8.66. The maximum atomic E-state index is 12.2. The lowest BCUT2D eigenvalue weighted by Gasteiger charge is -2.12. The zero-order valence-electron chi connectivity index (χ0n) is 15.8. The van der Waals surface area contributed by atoms with Crippen LogP contribution in [-0.4, -0.2) is 42.9 Å². The summed E-state index contributed by atoms with van der Waals surface area (Å²) in [4.78, 5) is 16.6. The van der Waals surface area contributed by atoms with Crippen molar-refractivity contribution in [2.45, 2.75) is 17.7 Å². The van der Waals surface area contributed by atoms with Crippen LogP contribution in [0.5, 0.6) is 0 Å². The van der Waals surface area contributed by atoms with Crippen LogP contribution in [0.3, 0.4) is 0 Å². The van der Waals surface area contributed by atoms with E-state index in [9.17, 15) is 13.2 Å². The summed E-state index contributed by atoms with van der Waals surface area (Å²) in [7, 11) is -0.681. The highest BCUT2D eigenvalue weighted by Crippen LogP contribution is 2.20. The molecule has 10 heteroatoms. The number of halogens is 1. The molecule has 152 valence electrons. The van der Waals surface area contributed by atoms with Gasteiger partial charge >= 0.3 is 0 Å². The van der Waals surface area contributed by atoms with E-state index in [1.807, 2.05) is 0 Å². The number of nitrogens with one attached hydrogen (secondary N) is 1. The largest absolute Gasteiger partial charge is 0.339 e. The third kappa shape index (κ3) is 5.20. The van der Waals surface area contributed by atoms with Gasteiger partial charge in [-0.15, -0.1) is 0 Å². The summed E-state index contributed by atoms with van der Waals surface area (Å²) < 4.78 is 30.7. The van der Waals surface area contributed by atoms with Crippen molar-refractivity contribution in [1.82, 2.24) is 14.4 Å². The molecule has 8 nitrogen and oxygen atoms in total. The van der Waals surface area contributed by atoms with E-state index in [2.05, 4.69) is 15.5 Å². The zero-order valence-corrected chi connectivity index (χ0v) is 17.4. The lowest BCUT2D eigenvalue weighted by Crippen LogP contribution is -2.22. The van der Waals surface area contributed by atoms with Crippen molar-refractivity contribution >= 4 is 33.2 Å². The summed E-state index contributed by atoms with van der Waals surface area (Å²) in [5.41, 5.74) is 1.15. The Bertz CT molecular complexity index is 1110. The Hall–Kier alpha value is -2.75. The third-order valence-corrected chi connectivity index (χ3v) is 6.10. The summed E-state index contributed by atoms with van der Waals surface area (Å²) in [6, 6.07) is 13.1. The molecule has 0 unspecified atom stereocenters. The van der Waals surface area contributed by atoms with Crippen LogP contribution < -0.4 is 5.32 Å². The topological polar surface area (TPSA) is 105 Å². The Labute approximate surface area is 173 Å². The molecule has 3 aromatic rings. The minimum absolute atomic E-state index is 0.102. The van der Waals surface area contributed by atoms with Crippen LogP contribution in [0.4, 0.5) is 5.69 Å². The van der Waals surface area contributed by atoms with E-state index < -0.39 is 10.0 Å². The molecule has 0 aliphatic rings. The average molecular weight is 435 g/mol. The van der Waals surface area contributed by atoms with E-state index in [4.69, 9.17) is 16.1 Å². The van der Waals surface area contributed by atoms with E-state index in [0.717, 1.165) is 9.87 Å². The van der Waals surface area contributed by atoms with Gasteiger partial charge in [-0.25, -0.2) is 12.7 Å². The number of hydrogen-bond donors (Lipinski definition) is 1. The highest BCUT2D eigenvalue weighted by molar-refractivity contribution is 7.89. The quantitative estimate of drug-likeness (QED) is 0.612. The molecule has 1 amide bonds. The number of anilines is 1. The lowest BCUT2D eigenvalue weighted by atomic mass is 10.2. The van der Waals surface area contributed by atoms with Crippen LogP contribution in [0.2, 0.25) is 5.02 Å². The van der Waals surface area contributed by atoms with Gasteiger partial charge in [-0.1, -0.05) is 22.8 Å². The van der Waals surface area contributed by atoms with Crippen molar-refractivity contribution in [2.75, 3.05) is 19.4 Å². The molecule has 2 aromatic carbocycles. The molecule has 1 aromatic heterocycles. The molecule has 0 radical (unpaired) electrons. The number of aryl methyl sites for hydroxylation is 1. The second-order valence-electron chi connectivity index (χ2n) is 6.38. The van der Waals surface area contributed by atoms with Crippen molar-refractivity contribution in [3.63, 3.8) is 0 Å². The van der Waals surface area contributed by atoms with Gasteiger partial charge in [0.15, 0.2) is 0 Å². The van der Waals surface area contributed by atoms with Crippen LogP contribution >= 0.6 is 11.6 Å². The molecule has 1 N–H and O–H groups in total. The van der Waals surface area contributed by atoms with Crippen LogP contribution in [-0.2, 0) is 21.2 Å². The van der Waals surface area contributed by atoms with E-state index in [0.29, 0.717) is 22.4 Å². The molecule has 0 bridgehead atoms. The van der Waals surface area contributed by atoms with Crippen molar-refractivity contribution < 1.29 is 17.7 Å². The number of rotatable bonds is 7. The van der Waals surface area contributed by atoms with Gasteiger partial charge < -0.3 is 9.84 Å². The van der Waals surface area contributed by atoms with Gasteiger partial charge in [-0.2, -0.15) is 4.98 Å². The summed E-state index contributed by atoms with van der Waals surface area (Å²) in [5, 5.41) is 7.19. The van der Waals surface area contributed by atoms with Crippen molar-refractivity contribution in [2.24, 2.45) is 0 Å². The number of sulfonamides is 1. The molecular formula is C19H19ClN4O4S. The smallest absolute Gasteiger partial charge is 0.242 e. The van der Waals surface area contributed by atoms with Gasteiger partial charge in [0.2, 0.25) is 27.6 Å². The zero-order chi connectivity index (χ0) is 21.0. The predicted molar refractivity (Wildman–Crippen MR) is 109 cm³/mol. The molecule has 0 saturated carbocycles. The Morgan fingerprint density at radius 3 is 2.59 bits per heavy atom. The van der Waals surface area contributed by atoms with E-state index in [1.54, 1.807) is 36.4 Å². The maximum Gasteiger partial charge on any atom is 0.242 e. The number of hydrogen-bond acceptors (Lipinski definition) is 6. The van der Waals surface area contributed by atoms with Crippen LogP contribution in [0, 0.1) is 0 Å². The molecule has 1 heterocycles. The van der Waals surface area contributed by atoms with E-state index >= 15 is 0 Å². The summed E-state index contributed by atoms with van der Waals surface area (Å²) in [5.74, 6) is 0.448. The van der Waals surface area contributed by atoms with Gasteiger partial charge in [0.1, 0.15) is 0 Å². The number of aromatic nitrogens is 2. The molecule has 3 rings (SSSR count). The Kier molecular flexibility index (Phi) is 6.31. The first-order valence-corrected chi connectivity index (χ1v) is 10.5. The van der Waals surface area contributed by atoms with Gasteiger partial charge in [0, 0.05) is 43.2 Å². The number of carbonyl (C=O) groups is 1. The molecule has 0 aliphatic carbocycles. The van der Waals surface area contributed by atoms with Crippen LogP contribution in [0.15, 0.2) is 57.9 Å². The van der Waals surface area contributed by atoms with Gasteiger partial charge in [-0.05, 0) is 42.5 Å². The standard InChI is InChI=1S/C19H19ClN4O4S/c1-24(2)29(26,27)16-5-3-4-15(12-16)21-17(25)10-11-18-22-19(23-28-18)13-6-8-14(20)9-7-13/h3-9,12H,10-11H2,1-2H3,(H,21,25). The molecule has 0 atom stereocenters. The minimum Gasteiger partial charge on any atom is -0.339 e. The molecule has 0 spiro atoms. The van der Waals surface area contributed by atoms with Gasteiger partial charge in [0.25, 0.3) is 0 Å². The molecule has 0 saturated heterocycles. The van der Waals surface area contributed by atoms with Crippen molar-refractivity contribution in [3.8, 4) is 11.4 Å². The Morgan fingerprint density at radius 1 is 1.17 bits per heavy atom. The Balaban J connectivity index is 1.60. The lowest BCUT2D eigenvalue weighted by molar-refractivity contribution is -0.116. The number of amides is 1. The molecule has 0 aliphatic heterocycles. The second kappa shape index (κ2) is 8.73. The number of carbonyl (C=O) groups excluding carboxylic acids is 1. The molecule has 0 fully saturated rings. The second-order valence-corrected chi connectivity index (χ2v) is 8.97. The van der Waals surface area contributed by atoms with Crippen LogP contribution in [0.1, 0.15) is 12.3 Å². The highest BCUT2D eigenvalue weighted by Gasteiger charge is 2.18. The van der Waals surface area contributed by atoms with Crippen molar-refractivity contribution in [3.05, 3.63) is 59.4 Å². The minimum atomic E-state index is -3.58. The van der Waals surface area contributed by atoms with E-state index in [-0.39, 0.29) is 23.6 Å². The highest BCUT2D eigenvalue weighted by atomic mass is 35.5. The summed E-state index contributed by atoms with van der Waals surface area (Å²) in [6.45, 7) is 0. The normalized spacial score (nSPS) is 11.6. The molecular weight excluding hydrogens is 416 g/mol. The van der Waals surface area contributed by atoms with Crippen LogP contribution in [0.25, 0.3) is 11.4 Å². The SMILES string of the molecule is CN(C)S(=O)(=O)c1cccc(NC(=O)CCc2nc(-c3ccc(Cl)cc3)no2)c1. The summed E-state index contributed by atoms with van der Waals surface area (Å²) in [6.07, 6.45) is 0.356. The molecule has 29 heavy (non-hydrogen) atoms. The Morgan fingerprint density at radius 2 is 1.90 bits per heavy atom. The number of nitrogens with zero attached hydrogens (tertiary/aromatic N) is 3. The fraction of sp³-hybridized carbons (Fsp3) is 0.211. The monoisotopic (exact) mass is 434 g/mol. The van der Waals surface area contributed by atoms with E-state index in [1.165, 1.54) is 26.2 Å². The van der Waals surface area contributed by atoms with Gasteiger partial charge in [0.05, 0.1) is 4.90 Å².